The molecule has 2 aliphatic rings. The number of hydrogen-bond acceptors (Lipinski definition) is 6. The number of nitrogens with zero attached hydrogens (tertiary/aromatic N) is 3. The fourth-order valence-electron chi connectivity index (χ4n) is 4.54. The molecule has 5 N–H and O–H groups in total. The van der Waals surface area contributed by atoms with E-state index in [0.717, 1.165) is 31.4 Å². The molecule has 1 aliphatic carbocycles. The molecule has 0 saturated heterocycles. The maximum absolute atomic E-state index is 12.9. The lowest BCUT2D eigenvalue weighted by Gasteiger charge is -2.45. The van der Waals surface area contributed by atoms with Crippen LogP contribution in [0.1, 0.15) is 68.8 Å². The first kappa shape index (κ1) is 21.9. The molecular weight excluding hydrogens is 400 g/mol. The third kappa shape index (κ3) is 4.33. The van der Waals surface area contributed by atoms with Crippen molar-refractivity contribution in [1.82, 2.24) is 0 Å². The molecule has 0 unspecified atom stereocenters. The maximum atomic E-state index is 12.9. The lowest BCUT2D eigenvalue weighted by atomic mass is 9.86. The van der Waals surface area contributed by atoms with E-state index in [1.54, 1.807) is 0 Å². The average molecular weight is 433 g/mol. The maximum Gasteiger partial charge on any atom is 0.255 e. The molecule has 7 nitrogen and oxygen atoms in total. The molecule has 0 bridgehead atoms. The first-order chi connectivity index (χ1) is 15.2. The van der Waals surface area contributed by atoms with Crippen molar-refractivity contribution >= 4 is 29.2 Å². The van der Waals surface area contributed by atoms with Gasteiger partial charge in [0.2, 0.25) is 11.9 Å². The van der Waals surface area contributed by atoms with Crippen LogP contribution in [0.3, 0.4) is 0 Å². The molecule has 32 heavy (non-hydrogen) atoms. The molecule has 2 aromatic rings. The number of nitrogens with two attached hydrogens (primary N) is 2. The van der Waals surface area contributed by atoms with Gasteiger partial charge in [-0.25, -0.2) is 4.99 Å². The number of aliphatic imine (C=N–C) groups is 2. The van der Waals surface area contributed by atoms with E-state index >= 15 is 0 Å². The fourth-order valence-corrected chi connectivity index (χ4v) is 4.54. The van der Waals surface area contributed by atoms with Crippen LogP contribution in [0.2, 0.25) is 0 Å². The first-order valence-electron chi connectivity index (χ1n) is 11.2. The molecule has 2 aromatic carbocycles. The van der Waals surface area contributed by atoms with E-state index in [-0.39, 0.29) is 17.3 Å². The van der Waals surface area contributed by atoms with Crippen LogP contribution in [-0.2, 0) is 5.41 Å². The van der Waals surface area contributed by atoms with Crippen molar-refractivity contribution in [2.75, 3.05) is 10.2 Å². The predicted octanol–water partition coefficient (Wildman–Crippen LogP) is 4.35. The Morgan fingerprint density at radius 3 is 2.38 bits per heavy atom. The number of amides is 1. The van der Waals surface area contributed by atoms with Crippen LogP contribution in [0.15, 0.2) is 58.5 Å². The average Bonchev–Trinajstić information content (AvgIpc) is 2.73. The Hall–Kier alpha value is -3.35. The molecule has 1 heterocycles. The molecule has 0 aromatic heterocycles. The third-order valence-corrected chi connectivity index (χ3v) is 6.23. The van der Waals surface area contributed by atoms with Gasteiger partial charge in [0.05, 0.1) is 0 Å². The summed E-state index contributed by atoms with van der Waals surface area (Å²) in [6.45, 7) is 6.46. The van der Waals surface area contributed by atoms with Crippen molar-refractivity contribution in [3.05, 3.63) is 59.7 Å². The van der Waals surface area contributed by atoms with E-state index < -0.39 is 5.66 Å². The Labute approximate surface area is 189 Å². The normalized spacial score (nSPS) is 18.2. The quantitative estimate of drug-likeness (QED) is 0.670. The summed E-state index contributed by atoms with van der Waals surface area (Å²) >= 11 is 0. The highest BCUT2D eigenvalue weighted by molar-refractivity contribution is 6.07. The van der Waals surface area contributed by atoms with Crippen LogP contribution in [0.25, 0.3) is 0 Å². The Morgan fingerprint density at radius 2 is 1.72 bits per heavy atom. The van der Waals surface area contributed by atoms with Gasteiger partial charge in [-0.2, -0.15) is 4.99 Å². The summed E-state index contributed by atoms with van der Waals surface area (Å²) in [7, 11) is 0. The summed E-state index contributed by atoms with van der Waals surface area (Å²) in [4.78, 5) is 23.8. The Kier molecular flexibility index (Phi) is 5.67. The number of carbonyl (C=O) groups excluding carboxylic acids is 1. The lowest BCUT2D eigenvalue weighted by Crippen LogP contribution is -2.58. The number of anilines is 2. The number of carbonyl (C=O) groups is 1. The molecular formula is C25H32N6O. The van der Waals surface area contributed by atoms with Gasteiger partial charge in [-0.3, -0.25) is 9.69 Å². The van der Waals surface area contributed by atoms with Crippen LogP contribution in [-0.4, -0.2) is 23.5 Å². The SMILES string of the molecule is CC(C)(C)c1ccc(C(=O)Nc2cccc(N3C(N)=NC(N)=NC34CCCCC4)c2)cc1. The van der Waals surface area contributed by atoms with Crippen molar-refractivity contribution in [2.45, 2.75) is 64.0 Å². The Bertz CT molecular complexity index is 1060. The van der Waals surface area contributed by atoms with Gasteiger partial charge in [-0.15, -0.1) is 0 Å². The monoisotopic (exact) mass is 432 g/mol. The minimum Gasteiger partial charge on any atom is -0.369 e. The van der Waals surface area contributed by atoms with Gasteiger partial charge in [0.15, 0.2) is 0 Å². The zero-order valence-electron chi connectivity index (χ0n) is 19.1. The summed E-state index contributed by atoms with van der Waals surface area (Å²) in [5.74, 6) is 0.405. The van der Waals surface area contributed by atoms with E-state index in [0.29, 0.717) is 17.2 Å². The van der Waals surface area contributed by atoms with Gasteiger partial charge < -0.3 is 16.8 Å². The Balaban J connectivity index is 1.58. The highest BCUT2D eigenvalue weighted by atomic mass is 16.1. The minimum atomic E-state index is -0.514. The molecule has 4 rings (SSSR count). The van der Waals surface area contributed by atoms with E-state index in [9.17, 15) is 4.79 Å². The molecule has 0 radical (unpaired) electrons. The van der Waals surface area contributed by atoms with Crippen molar-refractivity contribution in [3.63, 3.8) is 0 Å². The second kappa shape index (κ2) is 8.30. The van der Waals surface area contributed by atoms with Crippen LogP contribution in [0, 0.1) is 0 Å². The van der Waals surface area contributed by atoms with Crippen molar-refractivity contribution < 1.29 is 4.79 Å². The molecule has 1 amide bonds. The summed E-state index contributed by atoms with van der Waals surface area (Å²) in [6.07, 6.45) is 5.01. The molecule has 7 heteroatoms. The molecule has 1 spiro atoms. The van der Waals surface area contributed by atoms with Crippen molar-refractivity contribution in [2.24, 2.45) is 21.5 Å². The summed E-state index contributed by atoms with van der Waals surface area (Å²) in [5, 5.41) is 3.00. The smallest absolute Gasteiger partial charge is 0.255 e. The van der Waals surface area contributed by atoms with Gasteiger partial charge >= 0.3 is 0 Å². The van der Waals surface area contributed by atoms with Crippen LogP contribution in [0.4, 0.5) is 11.4 Å². The second-order valence-electron chi connectivity index (χ2n) is 9.65. The molecule has 168 valence electrons. The number of benzene rings is 2. The van der Waals surface area contributed by atoms with Crippen LogP contribution >= 0.6 is 0 Å². The van der Waals surface area contributed by atoms with E-state index in [1.165, 1.54) is 12.0 Å². The standard InChI is InChI=1S/C25H32N6O/c1-24(2,3)18-12-10-17(11-13-18)21(32)28-19-8-7-9-20(16-19)31-23(27)29-22(26)30-25(31)14-5-4-6-15-25/h7-13,16H,4-6,14-15H2,1-3H3,(H,28,32)(H4,26,27,29,30). The first-order valence-corrected chi connectivity index (χ1v) is 11.2. The number of guanidine groups is 2. The van der Waals surface area contributed by atoms with Gasteiger partial charge in [-0.05, 0) is 67.0 Å². The number of rotatable bonds is 3. The minimum absolute atomic E-state index is 0.0419. The zero-order chi connectivity index (χ0) is 22.9. The zero-order valence-corrected chi connectivity index (χ0v) is 19.1. The summed E-state index contributed by atoms with van der Waals surface area (Å²) in [6, 6.07) is 15.4. The van der Waals surface area contributed by atoms with Gasteiger partial charge in [0.25, 0.3) is 5.91 Å². The topological polar surface area (TPSA) is 109 Å². The summed E-state index contributed by atoms with van der Waals surface area (Å²) in [5.41, 5.74) is 15.2. The second-order valence-corrected chi connectivity index (χ2v) is 9.65. The molecule has 0 atom stereocenters. The fraction of sp³-hybridized carbons (Fsp3) is 0.400. The number of nitrogens with one attached hydrogen (secondary N) is 1. The number of hydrogen-bond donors (Lipinski definition) is 3. The van der Waals surface area contributed by atoms with E-state index in [1.807, 2.05) is 53.4 Å². The molecule has 1 saturated carbocycles. The van der Waals surface area contributed by atoms with Crippen molar-refractivity contribution in [3.8, 4) is 0 Å². The largest absolute Gasteiger partial charge is 0.369 e. The highest BCUT2D eigenvalue weighted by Gasteiger charge is 2.42. The third-order valence-electron chi connectivity index (χ3n) is 6.23. The van der Waals surface area contributed by atoms with Crippen LogP contribution < -0.4 is 21.7 Å². The van der Waals surface area contributed by atoms with Gasteiger partial charge in [0.1, 0.15) is 5.66 Å². The molecule has 1 aliphatic heterocycles. The lowest BCUT2D eigenvalue weighted by molar-refractivity contribution is 0.102. The Morgan fingerprint density at radius 1 is 1.03 bits per heavy atom. The van der Waals surface area contributed by atoms with Crippen molar-refractivity contribution in [1.29, 1.82) is 0 Å². The van der Waals surface area contributed by atoms with Gasteiger partial charge in [0, 0.05) is 16.9 Å². The molecule has 1 fully saturated rings. The van der Waals surface area contributed by atoms with Gasteiger partial charge in [-0.1, -0.05) is 45.4 Å². The van der Waals surface area contributed by atoms with E-state index in [4.69, 9.17) is 16.5 Å². The predicted molar refractivity (Wildman–Crippen MR) is 131 cm³/mol. The summed E-state index contributed by atoms with van der Waals surface area (Å²) < 4.78 is 0. The van der Waals surface area contributed by atoms with Crippen LogP contribution in [0.5, 0.6) is 0 Å². The van der Waals surface area contributed by atoms with E-state index in [2.05, 4.69) is 31.1 Å². The highest BCUT2D eigenvalue weighted by Crippen LogP contribution is 2.40.